The maximum atomic E-state index is 9.12. The van der Waals surface area contributed by atoms with Gasteiger partial charge in [-0.25, -0.2) is 4.98 Å². The van der Waals surface area contributed by atoms with Gasteiger partial charge in [-0.2, -0.15) is 5.26 Å². The molecular formula is C14H15N3S. The lowest BCUT2D eigenvalue weighted by molar-refractivity contribution is 1.05. The van der Waals surface area contributed by atoms with Gasteiger partial charge in [0.1, 0.15) is 6.07 Å². The second-order valence-electron chi connectivity index (χ2n) is 4.16. The second kappa shape index (κ2) is 5.19. The summed E-state index contributed by atoms with van der Waals surface area (Å²) in [5.74, 6) is 0. The number of nitrogens with one attached hydrogen (secondary N) is 1. The number of nitriles is 1. The molecule has 2 rings (SSSR count). The molecule has 0 saturated heterocycles. The number of hydrogen-bond acceptors (Lipinski definition) is 4. The van der Waals surface area contributed by atoms with Crippen molar-refractivity contribution in [3.63, 3.8) is 0 Å². The molecule has 1 aromatic carbocycles. The summed E-state index contributed by atoms with van der Waals surface area (Å²) in [6, 6.07) is 8.00. The molecule has 0 radical (unpaired) electrons. The predicted octanol–water partition coefficient (Wildman–Crippen LogP) is 3.94. The van der Waals surface area contributed by atoms with Crippen LogP contribution in [-0.4, -0.2) is 4.98 Å². The van der Waals surface area contributed by atoms with E-state index in [1.807, 2.05) is 25.1 Å². The molecule has 92 valence electrons. The number of benzene rings is 1. The molecule has 4 heteroatoms. The quantitative estimate of drug-likeness (QED) is 0.906. The molecule has 0 spiro atoms. The van der Waals surface area contributed by atoms with Gasteiger partial charge >= 0.3 is 0 Å². The van der Waals surface area contributed by atoms with Crippen molar-refractivity contribution < 1.29 is 0 Å². The van der Waals surface area contributed by atoms with E-state index in [2.05, 4.69) is 30.2 Å². The Balaban J connectivity index is 2.31. The average Bonchev–Trinajstić information content (AvgIpc) is 2.71. The first-order valence-electron chi connectivity index (χ1n) is 5.88. The van der Waals surface area contributed by atoms with Gasteiger partial charge in [0, 0.05) is 4.88 Å². The van der Waals surface area contributed by atoms with Crippen LogP contribution < -0.4 is 5.32 Å². The van der Waals surface area contributed by atoms with E-state index < -0.39 is 0 Å². The Bertz CT molecular complexity index is 608. The van der Waals surface area contributed by atoms with E-state index in [1.54, 1.807) is 11.3 Å². The van der Waals surface area contributed by atoms with E-state index in [4.69, 9.17) is 5.26 Å². The highest BCUT2D eigenvalue weighted by Crippen LogP contribution is 2.27. The van der Waals surface area contributed by atoms with Crippen LogP contribution in [0.3, 0.4) is 0 Å². The SMILES string of the molecule is CCc1nc(Nc2ccc(C)cc2C#N)sc1C. The third-order valence-corrected chi connectivity index (χ3v) is 3.69. The highest BCUT2D eigenvalue weighted by atomic mass is 32.1. The highest BCUT2D eigenvalue weighted by Gasteiger charge is 2.08. The first-order chi connectivity index (χ1) is 8.63. The fourth-order valence-corrected chi connectivity index (χ4v) is 2.70. The van der Waals surface area contributed by atoms with Gasteiger partial charge in [-0.15, -0.1) is 11.3 Å². The zero-order valence-corrected chi connectivity index (χ0v) is 11.6. The van der Waals surface area contributed by atoms with Crippen molar-refractivity contribution in [2.45, 2.75) is 27.2 Å². The summed E-state index contributed by atoms with van der Waals surface area (Å²) in [6.45, 7) is 6.15. The van der Waals surface area contributed by atoms with Gasteiger partial charge in [0.25, 0.3) is 0 Å². The Morgan fingerprint density at radius 2 is 2.17 bits per heavy atom. The lowest BCUT2D eigenvalue weighted by atomic mass is 10.1. The Labute approximate surface area is 111 Å². The standard InChI is InChI=1S/C14H15N3S/c1-4-12-10(3)18-14(16-12)17-13-6-5-9(2)7-11(13)8-15/h5-7H,4H2,1-3H3,(H,16,17). The van der Waals surface area contributed by atoms with Gasteiger partial charge in [0.2, 0.25) is 0 Å². The maximum absolute atomic E-state index is 9.12. The number of nitrogens with zero attached hydrogens (tertiary/aromatic N) is 2. The largest absolute Gasteiger partial charge is 0.330 e. The fourth-order valence-electron chi connectivity index (χ4n) is 1.78. The molecule has 0 aliphatic heterocycles. The van der Waals surface area contributed by atoms with Crippen LogP contribution in [0.25, 0.3) is 0 Å². The van der Waals surface area contributed by atoms with Crippen molar-refractivity contribution in [1.29, 1.82) is 5.26 Å². The second-order valence-corrected chi connectivity index (χ2v) is 5.36. The molecule has 18 heavy (non-hydrogen) atoms. The van der Waals surface area contributed by atoms with E-state index in [0.717, 1.165) is 28.5 Å². The third kappa shape index (κ3) is 2.52. The number of rotatable bonds is 3. The first-order valence-corrected chi connectivity index (χ1v) is 6.69. The van der Waals surface area contributed by atoms with Crippen molar-refractivity contribution in [2.75, 3.05) is 5.32 Å². The van der Waals surface area contributed by atoms with Gasteiger partial charge < -0.3 is 5.32 Å². The summed E-state index contributed by atoms with van der Waals surface area (Å²) >= 11 is 1.63. The zero-order chi connectivity index (χ0) is 13.1. The molecule has 0 saturated carbocycles. The smallest absolute Gasteiger partial charge is 0.187 e. The minimum Gasteiger partial charge on any atom is -0.330 e. The molecule has 0 fully saturated rings. The topological polar surface area (TPSA) is 48.7 Å². The molecule has 0 aliphatic carbocycles. The molecule has 0 unspecified atom stereocenters. The van der Waals surface area contributed by atoms with Gasteiger partial charge in [-0.3, -0.25) is 0 Å². The summed E-state index contributed by atoms with van der Waals surface area (Å²) in [5, 5.41) is 13.2. The minimum atomic E-state index is 0.654. The predicted molar refractivity (Wildman–Crippen MR) is 75.4 cm³/mol. The van der Waals surface area contributed by atoms with Crippen LogP contribution in [0.5, 0.6) is 0 Å². The number of thiazole rings is 1. The third-order valence-electron chi connectivity index (χ3n) is 2.76. The van der Waals surface area contributed by atoms with Gasteiger partial charge in [0.05, 0.1) is 16.9 Å². The summed E-state index contributed by atoms with van der Waals surface area (Å²) in [4.78, 5) is 5.75. The van der Waals surface area contributed by atoms with Crippen molar-refractivity contribution in [3.05, 3.63) is 39.9 Å². The minimum absolute atomic E-state index is 0.654. The van der Waals surface area contributed by atoms with Crippen molar-refractivity contribution in [2.24, 2.45) is 0 Å². The molecule has 1 aromatic heterocycles. The average molecular weight is 257 g/mol. The molecule has 0 amide bonds. The molecular weight excluding hydrogens is 242 g/mol. The van der Waals surface area contributed by atoms with E-state index in [9.17, 15) is 0 Å². The van der Waals surface area contributed by atoms with E-state index >= 15 is 0 Å². The Kier molecular flexibility index (Phi) is 3.63. The van der Waals surface area contributed by atoms with E-state index in [0.29, 0.717) is 5.56 Å². The van der Waals surface area contributed by atoms with Gasteiger partial charge in [-0.1, -0.05) is 13.0 Å². The molecule has 3 nitrogen and oxygen atoms in total. The zero-order valence-electron chi connectivity index (χ0n) is 10.7. The Hall–Kier alpha value is -1.86. The summed E-state index contributed by atoms with van der Waals surface area (Å²) in [5.41, 5.74) is 3.68. The lowest BCUT2D eigenvalue weighted by Crippen LogP contribution is -1.94. The van der Waals surface area contributed by atoms with E-state index in [-0.39, 0.29) is 0 Å². The molecule has 2 aromatic rings. The van der Waals surface area contributed by atoms with Gasteiger partial charge in [0.15, 0.2) is 5.13 Å². The highest BCUT2D eigenvalue weighted by molar-refractivity contribution is 7.15. The molecule has 1 N–H and O–H groups in total. The van der Waals surface area contributed by atoms with Crippen LogP contribution in [0.2, 0.25) is 0 Å². The molecule has 0 bridgehead atoms. The normalized spacial score (nSPS) is 10.1. The van der Waals surface area contributed by atoms with Crippen molar-refractivity contribution in [1.82, 2.24) is 4.98 Å². The molecule has 0 aliphatic rings. The Morgan fingerprint density at radius 1 is 1.39 bits per heavy atom. The van der Waals surface area contributed by atoms with Crippen molar-refractivity contribution in [3.8, 4) is 6.07 Å². The fraction of sp³-hybridized carbons (Fsp3) is 0.286. The van der Waals surface area contributed by atoms with E-state index in [1.165, 1.54) is 4.88 Å². The van der Waals surface area contributed by atoms with Crippen LogP contribution in [0.4, 0.5) is 10.8 Å². The van der Waals surface area contributed by atoms with Crippen LogP contribution in [0.15, 0.2) is 18.2 Å². The Morgan fingerprint density at radius 3 is 2.78 bits per heavy atom. The maximum Gasteiger partial charge on any atom is 0.187 e. The lowest BCUT2D eigenvalue weighted by Gasteiger charge is -2.05. The number of aromatic nitrogens is 1. The molecule has 0 atom stereocenters. The van der Waals surface area contributed by atoms with Crippen molar-refractivity contribution >= 4 is 22.2 Å². The summed E-state index contributed by atoms with van der Waals surface area (Å²) < 4.78 is 0. The van der Waals surface area contributed by atoms with Crippen LogP contribution >= 0.6 is 11.3 Å². The summed E-state index contributed by atoms with van der Waals surface area (Å²) in [6.07, 6.45) is 0.934. The van der Waals surface area contributed by atoms with Crippen LogP contribution in [0, 0.1) is 25.2 Å². The first kappa shape index (κ1) is 12.6. The number of anilines is 2. The number of hydrogen-bond donors (Lipinski definition) is 1. The monoisotopic (exact) mass is 257 g/mol. The molecule has 1 heterocycles. The number of aryl methyl sites for hydroxylation is 3. The van der Waals surface area contributed by atoms with Gasteiger partial charge in [-0.05, 0) is 38.0 Å². The van der Waals surface area contributed by atoms with Crippen LogP contribution in [-0.2, 0) is 6.42 Å². The van der Waals surface area contributed by atoms with Crippen LogP contribution in [0.1, 0.15) is 28.6 Å². The summed E-state index contributed by atoms with van der Waals surface area (Å²) in [7, 11) is 0.